The molecule has 0 spiro atoms. The average molecular weight is 329 g/mol. The lowest BCUT2D eigenvalue weighted by atomic mass is 10.3. The number of anilines is 2. The summed E-state index contributed by atoms with van der Waals surface area (Å²) in [6.45, 7) is 3.86. The van der Waals surface area contributed by atoms with Crippen LogP contribution >= 0.6 is 0 Å². The van der Waals surface area contributed by atoms with Gasteiger partial charge in [0.15, 0.2) is 0 Å². The van der Waals surface area contributed by atoms with E-state index in [1.807, 2.05) is 50.2 Å². The van der Waals surface area contributed by atoms with E-state index in [-0.39, 0.29) is 5.91 Å². The van der Waals surface area contributed by atoms with Gasteiger partial charge in [0.05, 0.1) is 17.9 Å². The van der Waals surface area contributed by atoms with Crippen LogP contribution in [0, 0.1) is 0 Å². The van der Waals surface area contributed by atoms with Crippen LogP contribution in [0.25, 0.3) is 0 Å². The summed E-state index contributed by atoms with van der Waals surface area (Å²) in [7, 11) is 3.91. The molecule has 1 heterocycles. The first-order valence-electron chi connectivity index (χ1n) is 7.84. The highest BCUT2D eigenvalue weighted by Crippen LogP contribution is 2.25. The topological polar surface area (TPSA) is 79.4 Å². The number of aromatic nitrogens is 2. The van der Waals surface area contributed by atoms with Crippen LogP contribution in [-0.2, 0) is 0 Å². The number of benzene rings is 1. The van der Waals surface area contributed by atoms with Gasteiger partial charge in [-0.15, -0.1) is 0 Å². The third-order valence-electron chi connectivity index (χ3n) is 3.19. The third-order valence-corrected chi connectivity index (χ3v) is 3.19. The quantitative estimate of drug-likeness (QED) is 0.770. The van der Waals surface area contributed by atoms with E-state index >= 15 is 0 Å². The summed E-state index contributed by atoms with van der Waals surface area (Å²) in [5, 5.41) is 5.92. The molecule has 0 radical (unpaired) electrons. The van der Waals surface area contributed by atoms with Crippen LogP contribution in [0.2, 0.25) is 0 Å². The summed E-state index contributed by atoms with van der Waals surface area (Å²) in [4.78, 5) is 22.4. The highest BCUT2D eigenvalue weighted by molar-refractivity contribution is 5.93. The van der Waals surface area contributed by atoms with E-state index in [1.165, 1.54) is 12.4 Å². The molecule has 0 saturated heterocycles. The Kier molecular flexibility index (Phi) is 6.51. The van der Waals surface area contributed by atoms with Crippen molar-refractivity contribution in [2.75, 3.05) is 39.1 Å². The van der Waals surface area contributed by atoms with Gasteiger partial charge in [-0.2, -0.15) is 0 Å². The molecular weight excluding hydrogens is 306 g/mol. The average Bonchev–Trinajstić information content (AvgIpc) is 2.57. The van der Waals surface area contributed by atoms with E-state index < -0.39 is 0 Å². The second kappa shape index (κ2) is 8.83. The fraction of sp³-hybridized carbons (Fsp3) is 0.353. The first-order chi connectivity index (χ1) is 11.6. The maximum absolute atomic E-state index is 12.0. The van der Waals surface area contributed by atoms with Crippen LogP contribution in [0.15, 0.2) is 36.7 Å². The van der Waals surface area contributed by atoms with Gasteiger partial charge in [-0.1, -0.05) is 12.1 Å². The van der Waals surface area contributed by atoms with Crippen molar-refractivity contribution in [3.05, 3.63) is 42.2 Å². The molecule has 0 fully saturated rings. The van der Waals surface area contributed by atoms with Crippen molar-refractivity contribution in [3.8, 4) is 5.75 Å². The van der Waals surface area contributed by atoms with E-state index in [2.05, 4.69) is 20.6 Å². The molecule has 2 aromatic rings. The number of amides is 1. The SMILES string of the molecule is CCOc1ccccc1Nc1ncc(C(=O)NCCN(C)C)cn1. The Morgan fingerprint density at radius 3 is 2.58 bits per heavy atom. The fourth-order valence-electron chi connectivity index (χ4n) is 1.98. The zero-order chi connectivity index (χ0) is 17.4. The summed E-state index contributed by atoms with van der Waals surface area (Å²) >= 11 is 0. The molecule has 128 valence electrons. The third kappa shape index (κ3) is 5.20. The van der Waals surface area contributed by atoms with Crippen LogP contribution in [-0.4, -0.2) is 54.6 Å². The highest BCUT2D eigenvalue weighted by Gasteiger charge is 2.08. The van der Waals surface area contributed by atoms with Crippen LogP contribution in [0.5, 0.6) is 5.75 Å². The van der Waals surface area contributed by atoms with Gasteiger partial charge in [0.25, 0.3) is 5.91 Å². The number of nitrogens with zero attached hydrogens (tertiary/aromatic N) is 3. The molecule has 1 aromatic carbocycles. The lowest BCUT2D eigenvalue weighted by Crippen LogP contribution is -2.31. The zero-order valence-electron chi connectivity index (χ0n) is 14.2. The zero-order valence-corrected chi connectivity index (χ0v) is 14.2. The molecule has 7 heteroatoms. The molecule has 0 aliphatic heterocycles. The van der Waals surface area contributed by atoms with Crippen molar-refractivity contribution in [2.24, 2.45) is 0 Å². The number of rotatable bonds is 8. The molecule has 1 aromatic heterocycles. The summed E-state index contributed by atoms with van der Waals surface area (Å²) < 4.78 is 5.55. The standard InChI is InChI=1S/C17H23N5O2/c1-4-24-15-8-6-5-7-14(15)21-17-19-11-13(12-20-17)16(23)18-9-10-22(2)3/h5-8,11-12H,4,9-10H2,1-3H3,(H,18,23)(H,19,20,21). The van der Waals surface area contributed by atoms with Crippen molar-refractivity contribution in [1.29, 1.82) is 0 Å². The van der Waals surface area contributed by atoms with Crippen molar-refractivity contribution in [3.63, 3.8) is 0 Å². The van der Waals surface area contributed by atoms with Crippen molar-refractivity contribution >= 4 is 17.5 Å². The lowest BCUT2D eigenvalue weighted by molar-refractivity contribution is 0.0950. The first-order valence-corrected chi connectivity index (χ1v) is 7.84. The molecule has 2 N–H and O–H groups in total. The molecule has 2 rings (SSSR count). The first kappa shape index (κ1) is 17.7. The Hall–Kier alpha value is -2.67. The number of likely N-dealkylation sites (N-methyl/N-ethyl adjacent to an activating group) is 1. The summed E-state index contributed by atoms with van der Waals surface area (Å²) in [5.41, 5.74) is 1.21. The Labute approximate surface area is 142 Å². The van der Waals surface area contributed by atoms with Crippen LogP contribution in [0.3, 0.4) is 0 Å². The molecule has 1 amide bonds. The van der Waals surface area contributed by atoms with E-state index in [1.54, 1.807) is 0 Å². The van der Waals surface area contributed by atoms with E-state index in [0.717, 1.165) is 18.0 Å². The predicted octanol–water partition coefficient (Wildman–Crippen LogP) is 1.91. The number of hydrogen-bond acceptors (Lipinski definition) is 6. The van der Waals surface area contributed by atoms with Crippen LogP contribution in [0.1, 0.15) is 17.3 Å². The Morgan fingerprint density at radius 1 is 1.21 bits per heavy atom. The normalized spacial score (nSPS) is 10.5. The molecule has 0 bridgehead atoms. The number of ether oxygens (including phenoxy) is 1. The highest BCUT2D eigenvalue weighted by atomic mass is 16.5. The van der Waals surface area contributed by atoms with Crippen molar-refractivity contribution in [1.82, 2.24) is 20.2 Å². The number of para-hydroxylation sites is 2. The van der Waals surface area contributed by atoms with Gasteiger partial charge in [-0.25, -0.2) is 9.97 Å². The van der Waals surface area contributed by atoms with Gasteiger partial charge in [0.1, 0.15) is 5.75 Å². The monoisotopic (exact) mass is 329 g/mol. The lowest BCUT2D eigenvalue weighted by Gasteiger charge is -2.12. The van der Waals surface area contributed by atoms with Crippen LogP contribution < -0.4 is 15.4 Å². The maximum Gasteiger partial charge on any atom is 0.254 e. The Balaban J connectivity index is 1.98. The van der Waals surface area contributed by atoms with Gasteiger partial charge in [0.2, 0.25) is 5.95 Å². The number of carbonyl (C=O) groups excluding carboxylic acids is 1. The van der Waals surface area contributed by atoms with Gasteiger partial charge < -0.3 is 20.3 Å². The van der Waals surface area contributed by atoms with Crippen LogP contribution in [0.4, 0.5) is 11.6 Å². The number of carbonyl (C=O) groups is 1. The number of nitrogens with one attached hydrogen (secondary N) is 2. The molecule has 0 aliphatic rings. The fourth-order valence-corrected chi connectivity index (χ4v) is 1.98. The summed E-state index contributed by atoms with van der Waals surface area (Å²) in [6.07, 6.45) is 3.01. The maximum atomic E-state index is 12.0. The van der Waals surface area contributed by atoms with E-state index in [0.29, 0.717) is 24.7 Å². The van der Waals surface area contributed by atoms with Crippen molar-refractivity contribution in [2.45, 2.75) is 6.92 Å². The number of hydrogen-bond donors (Lipinski definition) is 2. The Morgan fingerprint density at radius 2 is 1.92 bits per heavy atom. The van der Waals surface area contributed by atoms with Gasteiger partial charge in [-0.05, 0) is 33.2 Å². The molecule has 7 nitrogen and oxygen atoms in total. The Bertz CT molecular complexity index is 658. The molecular formula is C17H23N5O2. The molecule has 0 saturated carbocycles. The minimum Gasteiger partial charge on any atom is -0.492 e. The molecule has 0 aliphatic carbocycles. The molecule has 0 unspecified atom stereocenters. The largest absolute Gasteiger partial charge is 0.492 e. The van der Waals surface area contributed by atoms with Gasteiger partial charge >= 0.3 is 0 Å². The second-order valence-corrected chi connectivity index (χ2v) is 5.41. The van der Waals surface area contributed by atoms with Gasteiger partial charge in [0, 0.05) is 25.5 Å². The predicted molar refractivity (Wildman–Crippen MR) is 93.8 cm³/mol. The smallest absolute Gasteiger partial charge is 0.254 e. The molecule has 24 heavy (non-hydrogen) atoms. The summed E-state index contributed by atoms with van der Waals surface area (Å²) in [5.74, 6) is 0.958. The minimum absolute atomic E-state index is 0.182. The van der Waals surface area contributed by atoms with Crippen molar-refractivity contribution < 1.29 is 9.53 Å². The van der Waals surface area contributed by atoms with E-state index in [4.69, 9.17) is 4.74 Å². The molecule has 0 atom stereocenters. The van der Waals surface area contributed by atoms with Gasteiger partial charge in [-0.3, -0.25) is 4.79 Å². The second-order valence-electron chi connectivity index (χ2n) is 5.41. The minimum atomic E-state index is -0.182. The summed E-state index contributed by atoms with van der Waals surface area (Å²) in [6, 6.07) is 7.56. The van der Waals surface area contributed by atoms with E-state index in [9.17, 15) is 4.79 Å².